The number of nitrogens with zero attached hydrogens (tertiary/aromatic N) is 3. The molecule has 0 saturated heterocycles. The van der Waals surface area contributed by atoms with E-state index in [0.29, 0.717) is 15.9 Å². The monoisotopic (exact) mass is 363 g/mol. The maximum Gasteiger partial charge on any atom is 0.273 e. The second kappa shape index (κ2) is 7.29. The van der Waals surface area contributed by atoms with Crippen molar-refractivity contribution in [2.75, 3.05) is 0 Å². The van der Waals surface area contributed by atoms with Crippen molar-refractivity contribution in [2.24, 2.45) is 0 Å². The highest BCUT2D eigenvalue weighted by atomic mass is 35.5. The summed E-state index contributed by atoms with van der Waals surface area (Å²) in [4.78, 5) is 20.1. The summed E-state index contributed by atoms with van der Waals surface area (Å²) in [5.74, 6) is 0.664. The van der Waals surface area contributed by atoms with Crippen LogP contribution in [0.15, 0.2) is 51.9 Å². The lowest BCUT2D eigenvalue weighted by Crippen LogP contribution is -2.12. The Bertz CT molecular complexity index is 876. The number of aromatic nitrogens is 3. The summed E-state index contributed by atoms with van der Waals surface area (Å²) >= 11 is 9.29. The van der Waals surface area contributed by atoms with Gasteiger partial charge >= 0.3 is 0 Å². The van der Waals surface area contributed by atoms with Crippen LogP contribution < -0.4 is 5.56 Å². The van der Waals surface area contributed by atoms with E-state index in [9.17, 15) is 4.79 Å². The third-order valence-corrected chi connectivity index (χ3v) is 5.47. The molecule has 7 heteroatoms. The van der Waals surface area contributed by atoms with Gasteiger partial charge in [0.05, 0.1) is 10.7 Å². The Kier molecular flexibility index (Phi) is 5.15. The summed E-state index contributed by atoms with van der Waals surface area (Å²) in [7, 11) is 0. The first-order chi connectivity index (χ1) is 11.2. The fourth-order valence-corrected chi connectivity index (χ4v) is 4.22. The Morgan fingerprint density at radius 1 is 1.26 bits per heavy atom. The third-order valence-electron chi connectivity index (χ3n) is 3.19. The van der Waals surface area contributed by atoms with Crippen LogP contribution in [0.2, 0.25) is 5.02 Å². The van der Waals surface area contributed by atoms with E-state index in [1.165, 1.54) is 17.8 Å². The highest BCUT2D eigenvalue weighted by Crippen LogP contribution is 2.31. The Hall–Kier alpha value is -1.63. The molecule has 1 aromatic carbocycles. The molecule has 0 fully saturated rings. The molecule has 118 valence electrons. The van der Waals surface area contributed by atoms with Gasteiger partial charge in [0.25, 0.3) is 5.56 Å². The summed E-state index contributed by atoms with van der Waals surface area (Å²) in [6, 6.07) is 9.16. The van der Waals surface area contributed by atoms with Gasteiger partial charge in [0, 0.05) is 35.5 Å². The third kappa shape index (κ3) is 3.83. The summed E-state index contributed by atoms with van der Waals surface area (Å²) in [6.45, 7) is 2.80. The van der Waals surface area contributed by atoms with E-state index >= 15 is 0 Å². The maximum atomic E-state index is 11.4. The van der Waals surface area contributed by atoms with Crippen molar-refractivity contribution in [2.45, 2.75) is 24.4 Å². The highest BCUT2D eigenvalue weighted by Gasteiger charge is 2.09. The van der Waals surface area contributed by atoms with Gasteiger partial charge < -0.3 is 4.57 Å². The van der Waals surface area contributed by atoms with Gasteiger partial charge in [0.15, 0.2) is 5.16 Å². The van der Waals surface area contributed by atoms with Crippen LogP contribution >= 0.6 is 34.7 Å². The summed E-state index contributed by atoms with van der Waals surface area (Å²) in [5, 5.41) is 4.33. The maximum absolute atomic E-state index is 11.4. The van der Waals surface area contributed by atoms with Gasteiger partial charge in [0.1, 0.15) is 5.01 Å². The normalized spacial score (nSPS) is 10.9. The van der Waals surface area contributed by atoms with Crippen molar-refractivity contribution in [1.29, 1.82) is 0 Å². The predicted molar refractivity (Wildman–Crippen MR) is 96.3 cm³/mol. The average Bonchev–Trinajstić information content (AvgIpc) is 3.02. The van der Waals surface area contributed by atoms with Crippen LogP contribution in [0.3, 0.4) is 0 Å². The van der Waals surface area contributed by atoms with Gasteiger partial charge in [0.2, 0.25) is 0 Å². The number of aryl methyl sites for hydroxylation is 1. The Labute approximate surface area is 147 Å². The molecular weight excluding hydrogens is 350 g/mol. The lowest BCUT2D eigenvalue weighted by Gasteiger charge is -2.07. The first-order valence-corrected chi connectivity index (χ1v) is 9.31. The van der Waals surface area contributed by atoms with Gasteiger partial charge in [-0.25, -0.2) is 4.98 Å². The first-order valence-electron chi connectivity index (χ1n) is 7.07. The van der Waals surface area contributed by atoms with Gasteiger partial charge in [-0.15, -0.1) is 11.3 Å². The van der Waals surface area contributed by atoms with Gasteiger partial charge in [-0.1, -0.05) is 41.6 Å². The van der Waals surface area contributed by atoms with Crippen molar-refractivity contribution in [3.05, 3.63) is 63.0 Å². The Morgan fingerprint density at radius 3 is 2.87 bits per heavy atom. The average molecular weight is 364 g/mol. The van der Waals surface area contributed by atoms with Crippen LogP contribution in [0.5, 0.6) is 0 Å². The van der Waals surface area contributed by atoms with Crippen LogP contribution in [0.1, 0.15) is 12.6 Å². The Morgan fingerprint density at radius 2 is 2.09 bits per heavy atom. The molecule has 0 aliphatic carbocycles. The van der Waals surface area contributed by atoms with Crippen molar-refractivity contribution in [1.82, 2.24) is 14.5 Å². The lowest BCUT2D eigenvalue weighted by molar-refractivity contribution is 0.640. The molecule has 0 saturated carbocycles. The zero-order valence-electron chi connectivity index (χ0n) is 12.4. The summed E-state index contributed by atoms with van der Waals surface area (Å²) < 4.78 is 1.95. The molecule has 0 radical (unpaired) electrons. The molecule has 0 spiro atoms. The molecule has 4 nitrogen and oxygen atoms in total. The van der Waals surface area contributed by atoms with E-state index in [4.69, 9.17) is 11.6 Å². The molecular formula is C16H14ClN3OS2. The van der Waals surface area contributed by atoms with Crippen LogP contribution in [0, 0.1) is 0 Å². The highest BCUT2D eigenvalue weighted by molar-refractivity contribution is 7.98. The molecule has 0 amide bonds. The quantitative estimate of drug-likeness (QED) is 0.500. The topological polar surface area (TPSA) is 47.8 Å². The number of thiazole rings is 1. The molecule has 2 aromatic heterocycles. The second-order valence-electron chi connectivity index (χ2n) is 4.75. The molecule has 0 unspecified atom stereocenters. The summed E-state index contributed by atoms with van der Waals surface area (Å²) in [6.07, 6.45) is 1.77. The van der Waals surface area contributed by atoms with Crippen LogP contribution in [0.4, 0.5) is 0 Å². The van der Waals surface area contributed by atoms with Crippen molar-refractivity contribution < 1.29 is 0 Å². The number of rotatable bonds is 5. The number of benzene rings is 1. The minimum atomic E-state index is -0.216. The standard InChI is InChI=1S/C16H14ClN3OS2/c1-2-20-8-7-14(21)19-16(20)23-10-11-9-22-15(18-11)12-5-3-4-6-13(12)17/h3-9H,2,10H2,1H3. The van der Waals surface area contributed by atoms with Crippen LogP contribution in [-0.4, -0.2) is 14.5 Å². The zero-order valence-corrected chi connectivity index (χ0v) is 14.8. The SMILES string of the molecule is CCn1ccc(=O)nc1SCc1csc(-c2ccccc2Cl)n1. The van der Waals surface area contributed by atoms with E-state index in [0.717, 1.165) is 22.8 Å². The molecule has 0 N–H and O–H groups in total. The zero-order chi connectivity index (χ0) is 16.2. The molecule has 0 aliphatic rings. The number of hydrogen-bond acceptors (Lipinski definition) is 5. The smallest absolute Gasteiger partial charge is 0.273 e. The van der Waals surface area contributed by atoms with Crippen LogP contribution in [-0.2, 0) is 12.3 Å². The van der Waals surface area contributed by atoms with Gasteiger partial charge in [-0.05, 0) is 13.0 Å². The van der Waals surface area contributed by atoms with Crippen molar-refractivity contribution in [3.63, 3.8) is 0 Å². The molecule has 0 atom stereocenters. The van der Waals surface area contributed by atoms with E-state index < -0.39 is 0 Å². The van der Waals surface area contributed by atoms with Gasteiger partial charge in [-0.2, -0.15) is 4.98 Å². The predicted octanol–water partition coefficient (Wildman–Crippen LogP) is 4.33. The Balaban J connectivity index is 1.77. The fraction of sp³-hybridized carbons (Fsp3) is 0.188. The molecule has 3 aromatic rings. The molecule has 2 heterocycles. The van der Waals surface area contributed by atoms with Crippen molar-refractivity contribution in [3.8, 4) is 10.6 Å². The molecule has 3 rings (SSSR count). The molecule has 0 aliphatic heterocycles. The lowest BCUT2D eigenvalue weighted by atomic mass is 10.2. The molecule has 0 bridgehead atoms. The van der Waals surface area contributed by atoms with E-state index in [1.54, 1.807) is 17.5 Å². The fourth-order valence-electron chi connectivity index (χ4n) is 2.04. The number of thioether (sulfide) groups is 1. The minimum absolute atomic E-state index is 0.216. The minimum Gasteiger partial charge on any atom is -0.328 e. The van der Waals surface area contributed by atoms with Crippen molar-refractivity contribution >= 4 is 34.7 Å². The van der Waals surface area contributed by atoms with E-state index in [1.807, 2.05) is 41.1 Å². The second-order valence-corrected chi connectivity index (χ2v) is 6.95. The van der Waals surface area contributed by atoms with E-state index in [2.05, 4.69) is 9.97 Å². The largest absolute Gasteiger partial charge is 0.328 e. The first kappa shape index (κ1) is 16.2. The van der Waals surface area contributed by atoms with E-state index in [-0.39, 0.29) is 5.56 Å². The van der Waals surface area contributed by atoms with Gasteiger partial charge in [-0.3, -0.25) is 4.79 Å². The number of hydrogen-bond donors (Lipinski definition) is 0. The summed E-state index contributed by atoms with van der Waals surface area (Å²) in [5.41, 5.74) is 1.68. The van der Waals surface area contributed by atoms with Crippen LogP contribution in [0.25, 0.3) is 10.6 Å². The number of halogens is 1. The molecule has 23 heavy (non-hydrogen) atoms.